The SMILES string of the molecule is COc1ccc(CC(=O)Nc2ccccc2Cl)cc1C. The number of carbonyl (C=O) groups excluding carboxylic acids is 1. The number of benzene rings is 2. The molecule has 0 saturated carbocycles. The lowest BCUT2D eigenvalue weighted by Crippen LogP contribution is -2.14. The van der Waals surface area contributed by atoms with Gasteiger partial charge in [-0.15, -0.1) is 0 Å². The highest BCUT2D eigenvalue weighted by Gasteiger charge is 2.08. The van der Waals surface area contributed by atoms with E-state index in [0.29, 0.717) is 17.1 Å². The standard InChI is InChI=1S/C16H16ClNO2/c1-11-9-12(7-8-15(11)20-2)10-16(19)18-14-6-4-3-5-13(14)17/h3-9H,10H2,1-2H3,(H,18,19). The topological polar surface area (TPSA) is 38.3 Å². The van der Waals surface area contributed by atoms with Gasteiger partial charge in [0.2, 0.25) is 5.91 Å². The van der Waals surface area contributed by atoms with Gasteiger partial charge in [0.15, 0.2) is 0 Å². The van der Waals surface area contributed by atoms with Crippen molar-refractivity contribution in [2.75, 3.05) is 12.4 Å². The molecule has 0 heterocycles. The van der Waals surface area contributed by atoms with Gasteiger partial charge in [-0.3, -0.25) is 4.79 Å². The summed E-state index contributed by atoms with van der Waals surface area (Å²) in [5.41, 5.74) is 2.58. The molecule has 0 aliphatic heterocycles. The summed E-state index contributed by atoms with van der Waals surface area (Å²) in [5, 5.41) is 3.34. The first-order valence-corrected chi connectivity index (χ1v) is 6.66. The third-order valence-electron chi connectivity index (χ3n) is 2.97. The normalized spacial score (nSPS) is 10.2. The summed E-state index contributed by atoms with van der Waals surface area (Å²) in [7, 11) is 1.63. The molecule has 1 N–H and O–H groups in total. The lowest BCUT2D eigenvalue weighted by atomic mass is 10.1. The molecule has 0 aliphatic rings. The predicted molar refractivity (Wildman–Crippen MR) is 81.5 cm³/mol. The maximum Gasteiger partial charge on any atom is 0.228 e. The van der Waals surface area contributed by atoms with Crippen molar-refractivity contribution in [3.8, 4) is 5.75 Å². The van der Waals surface area contributed by atoms with Crippen LogP contribution in [0.5, 0.6) is 5.75 Å². The highest BCUT2D eigenvalue weighted by Crippen LogP contribution is 2.22. The number of aryl methyl sites for hydroxylation is 1. The monoisotopic (exact) mass is 289 g/mol. The molecule has 4 heteroatoms. The zero-order chi connectivity index (χ0) is 14.5. The predicted octanol–water partition coefficient (Wildman–Crippen LogP) is 3.84. The molecule has 3 nitrogen and oxygen atoms in total. The highest BCUT2D eigenvalue weighted by atomic mass is 35.5. The molecular weight excluding hydrogens is 274 g/mol. The van der Waals surface area contributed by atoms with Crippen LogP contribution in [-0.2, 0) is 11.2 Å². The molecule has 0 aromatic heterocycles. The number of carbonyl (C=O) groups is 1. The summed E-state index contributed by atoms with van der Waals surface area (Å²) < 4.78 is 5.20. The van der Waals surface area contributed by atoms with Gasteiger partial charge in [-0.25, -0.2) is 0 Å². The summed E-state index contributed by atoms with van der Waals surface area (Å²) in [6, 6.07) is 12.9. The van der Waals surface area contributed by atoms with Crippen LogP contribution in [0, 0.1) is 6.92 Å². The van der Waals surface area contributed by atoms with Gasteiger partial charge in [0.1, 0.15) is 5.75 Å². The van der Waals surface area contributed by atoms with Crippen LogP contribution in [0.2, 0.25) is 5.02 Å². The minimum Gasteiger partial charge on any atom is -0.496 e. The first kappa shape index (κ1) is 14.4. The largest absolute Gasteiger partial charge is 0.496 e. The van der Waals surface area contributed by atoms with Crippen LogP contribution in [0.25, 0.3) is 0 Å². The number of hydrogen-bond donors (Lipinski definition) is 1. The van der Waals surface area contributed by atoms with E-state index >= 15 is 0 Å². The van der Waals surface area contributed by atoms with Gasteiger partial charge >= 0.3 is 0 Å². The summed E-state index contributed by atoms with van der Waals surface area (Å²) >= 11 is 6.00. The van der Waals surface area contributed by atoms with Gasteiger partial charge in [-0.05, 0) is 36.2 Å². The van der Waals surface area contributed by atoms with Gasteiger partial charge < -0.3 is 10.1 Å². The molecule has 20 heavy (non-hydrogen) atoms. The van der Waals surface area contributed by atoms with Crippen molar-refractivity contribution in [2.24, 2.45) is 0 Å². The van der Waals surface area contributed by atoms with Gasteiger partial charge in [0, 0.05) is 0 Å². The molecule has 0 aliphatic carbocycles. The molecular formula is C16H16ClNO2. The number of para-hydroxylation sites is 1. The van der Waals surface area contributed by atoms with Crippen molar-refractivity contribution in [3.63, 3.8) is 0 Å². The minimum absolute atomic E-state index is 0.0948. The Hall–Kier alpha value is -2.00. The Kier molecular flexibility index (Phi) is 4.64. The highest BCUT2D eigenvalue weighted by molar-refractivity contribution is 6.33. The second kappa shape index (κ2) is 6.44. The van der Waals surface area contributed by atoms with E-state index in [1.165, 1.54) is 0 Å². The van der Waals surface area contributed by atoms with Crippen LogP contribution in [0.1, 0.15) is 11.1 Å². The Balaban J connectivity index is 2.05. The Morgan fingerprint density at radius 3 is 2.65 bits per heavy atom. The Morgan fingerprint density at radius 2 is 2.00 bits per heavy atom. The molecule has 0 spiro atoms. The maximum absolute atomic E-state index is 12.0. The molecule has 0 fully saturated rings. The van der Waals surface area contributed by atoms with Crippen molar-refractivity contribution < 1.29 is 9.53 Å². The number of amides is 1. The lowest BCUT2D eigenvalue weighted by molar-refractivity contribution is -0.115. The second-order valence-corrected chi connectivity index (χ2v) is 4.92. The summed E-state index contributed by atoms with van der Waals surface area (Å²) in [4.78, 5) is 12.0. The zero-order valence-corrected chi connectivity index (χ0v) is 12.2. The molecule has 0 unspecified atom stereocenters. The van der Waals surface area contributed by atoms with Gasteiger partial charge in [-0.1, -0.05) is 35.9 Å². The molecule has 2 aromatic rings. The first-order valence-electron chi connectivity index (χ1n) is 6.28. The number of nitrogens with one attached hydrogen (secondary N) is 1. The van der Waals surface area contributed by atoms with Crippen LogP contribution in [-0.4, -0.2) is 13.0 Å². The van der Waals surface area contributed by atoms with Crippen molar-refractivity contribution in [3.05, 3.63) is 58.6 Å². The van der Waals surface area contributed by atoms with Crippen LogP contribution < -0.4 is 10.1 Å². The number of ether oxygens (including phenoxy) is 1. The Labute approximate surface area is 123 Å². The van der Waals surface area contributed by atoms with Gasteiger partial charge in [-0.2, -0.15) is 0 Å². The Bertz CT molecular complexity index is 626. The van der Waals surface area contributed by atoms with E-state index in [0.717, 1.165) is 16.9 Å². The fourth-order valence-electron chi connectivity index (χ4n) is 1.99. The fraction of sp³-hybridized carbons (Fsp3) is 0.188. The van der Waals surface area contributed by atoms with E-state index in [1.807, 2.05) is 37.3 Å². The molecule has 0 radical (unpaired) electrons. The Morgan fingerprint density at radius 1 is 1.25 bits per heavy atom. The zero-order valence-electron chi connectivity index (χ0n) is 11.4. The second-order valence-electron chi connectivity index (χ2n) is 4.51. The number of methoxy groups -OCH3 is 1. The van der Waals surface area contributed by atoms with E-state index in [9.17, 15) is 4.79 Å². The minimum atomic E-state index is -0.0948. The van der Waals surface area contributed by atoms with Crippen LogP contribution in [0.15, 0.2) is 42.5 Å². The van der Waals surface area contributed by atoms with Crippen LogP contribution in [0.3, 0.4) is 0 Å². The van der Waals surface area contributed by atoms with Crippen LogP contribution in [0.4, 0.5) is 5.69 Å². The number of halogens is 1. The average Bonchev–Trinajstić information content (AvgIpc) is 2.41. The molecule has 0 bridgehead atoms. The van der Waals surface area contributed by atoms with Crippen molar-refractivity contribution >= 4 is 23.2 Å². The maximum atomic E-state index is 12.0. The van der Waals surface area contributed by atoms with E-state index in [1.54, 1.807) is 19.2 Å². The lowest BCUT2D eigenvalue weighted by Gasteiger charge is -2.09. The summed E-state index contributed by atoms with van der Waals surface area (Å²) in [6.07, 6.45) is 0.302. The molecule has 2 rings (SSSR count). The van der Waals surface area contributed by atoms with Crippen molar-refractivity contribution in [1.82, 2.24) is 0 Å². The fourth-order valence-corrected chi connectivity index (χ4v) is 2.18. The van der Waals surface area contributed by atoms with E-state index in [-0.39, 0.29) is 5.91 Å². The third kappa shape index (κ3) is 3.52. The van der Waals surface area contributed by atoms with E-state index in [2.05, 4.69) is 5.32 Å². The van der Waals surface area contributed by atoms with Crippen molar-refractivity contribution in [2.45, 2.75) is 13.3 Å². The van der Waals surface area contributed by atoms with Gasteiger partial charge in [0.25, 0.3) is 0 Å². The van der Waals surface area contributed by atoms with E-state index < -0.39 is 0 Å². The molecule has 1 amide bonds. The number of hydrogen-bond acceptors (Lipinski definition) is 2. The molecule has 2 aromatic carbocycles. The van der Waals surface area contributed by atoms with Gasteiger partial charge in [0.05, 0.1) is 24.2 Å². The summed E-state index contributed by atoms with van der Waals surface area (Å²) in [5.74, 6) is 0.725. The smallest absolute Gasteiger partial charge is 0.228 e. The average molecular weight is 290 g/mol. The number of rotatable bonds is 4. The summed E-state index contributed by atoms with van der Waals surface area (Å²) in [6.45, 7) is 1.95. The third-order valence-corrected chi connectivity index (χ3v) is 3.30. The first-order chi connectivity index (χ1) is 9.60. The number of anilines is 1. The van der Waals surface area contributed by atoms with Crippen LogP contribution >= 0.6 is 11.6 Å². The molecule has 0 atom stereocenters. The van der Waals surface area contributed by atoms with E-state index in [4.69, 9.17) is 16.3 Å². The van der Waals surface area contributed by atoms with Crippen molar-refractivity contribution in [1.29, 1.82) is 0 Å². The molecule has 0 saturated heterocycles. The quantitative estimate of drug-likeness (QED) is 0.929. The molecule has 104 valence electrons.